The largest absolute Gasteiger partial charge is 0.494 e. The minimum atomic E-state index is -3.48. The monoisotopic (exact) mass is 491 g/mol. The first-order valence-electron chi connectivity index (χ1n) is 11.2. The zero-order chi connectivity index (χ0) is 23.4. The molecule has 0 aliphatic carbocycles. The second-order valence-corrected chi connectivity index (χ2v) is 11.1. The van der Waals surface area contributed by atoms with E-state index in [1.54, 1.807) is 12.1 Å². The van der Waals surface area contributed by atoms with Crippen LogP contribution in [0.25, 0.3) is 0 Å². The van der Waals surface area contributed by atoms with Crippen LogP contribution in [0.3, 0.4) is 0 Å². The van der Waals surface area contributed by atoms with Crippen LogP contribution < -0.4 is 14.8 Å². The number of amides is 1. The van der Waals surface area contributed by atoms with Gasteiger partial charge in [-0.2, -0.15) is 4.31 Å². The molecule has 1 N–H and O–H groups in total. The van der Waals surface area contributed by atoms with Gasteiger partial charge in [0.15, 0.2) is 0 Å². The number of hydrogen-bond acceptors (Lipinski definition) is 7. The lowest BCUT2D eigenvalue weighted by Gasteiger charge is -2.15. The molecule has 3 heterocycles. The molecule has 0 radical (unpaired) electrons. The molecule has 8 nitrogen and oxygen atoms in total. The van der Waals surface area contributed by atoms with Crippen molar-refractivity contribution in [2.75, 3.05) is 25.4 Å². The highest BCUT2D eigenvalue weighted by Gasteiger charge is 2.27. The van der Waals surface area contributed by atoms with E-state index < -0.39 is 10.0 Å². The Labute approximate surface area is 199 Å². The fourth-order valence-corrected chi connectivity index (χ4v) is 6.11. The number of hydrogen-bond donors (Lipinski definition) is 1. The van der Waals surface area contributed by atoms with Gasteiger partial charge in [0.25, 0.3) is 0 Å². The number of carbonyl (C=O) groups is 1. The molecule has 0 unspecified atom stereocenters. The van der Waals surface area contributed by atoms with Crippen LogP contribution in [-0.4, -0.2) is 55.2 Å². The SMILES string of the molecule is CCOc1cc2c(cc1CNC(=O)CSc1ccc(S(=O)(=O)N3CCCC3)cn1)O[C@@H](C)C2. The van der Waals surface area contributed by atoms with Gasteiger partial charge in [0.1, 0.15) is 22.5 Å². The normalized spacial score (nSPS) is 18.1. The van der Waals surface area contributed by atoms with Gasteiger partial charge in [0.05, 0.1) is 17.4 Å². The minimum Gasteiger partial charge on any atom is -0.494 e. The van der Waals surface area contributed by atoms with Crippen molar-refractivity contribution in [3.05, 3.63) is 41.6 Å². The fraction of sp³-hybridized carbons (Fsp3) is 0.478. The molecule has 33 heavy (non-hydrogen) atoms. The van der Waals surface area contributed by atoms with Crippen molar-refractivity contribution in [1.29, 1.82) is 0 Å². The molecule has 2 aliphatic rings. The number of benzene rings is 1. The maximum absolute atomic E-state index is 12.6. The maximum Gasteiger partial charge on any atom is 0.244 e. The molecule has 4 rings (SSSR count). The number of sulfonamides is 1. The molecule has 0 saturated carbocycles. The number of pyridine rings is 1. The topological polar surface area (TPSA) is 97.8 Å². The Morgan fingerprint density at radius 3 is 2.79 bits per heavy atom. The number of thioether (sulfide) groups is 1. The fourth-order valence-electron chi connectivity index (χ4n) is 3.98. The summed E-state index contributed by atoms with van der Waals surface area (Å²) in [6.07, 6.45) is 4.14. The average molecular weight is 492 g/mol. The van der Waals surface area contributed by atoms with Crippen molar-refractivity contribution >= 4 is 27.7 Å². The molecule has 0 bridgehead atoms. The van der Waals surface area contributed by atoms with Crippen LogP contribution in [0.2, 0.25) is 0 Å². The summed E-state index contributed by atoms with van der Waals surface area (Å²) in [6.45, 7) is 5.95. The lowest BCUT2D eigenvalue weighted by Crippen LogP contribution is -2.27. The molecule has 2 aliphatic heterocycles. The van der Waals surface area contributed by atoms with Gasteiger partial charge in [-0.1, -0.05) is 11.8 Å². The first-order chi connectivity index (χ1) is 15.9. The number of carbonyl (C=O) groups excluding carboxylic acids is 1. The third kappa shape index (κ3) is 5.62. The summed E-state index contributed by atoms with van der Waals surface area (Å²) < 4.78 is 38.3. The minimum absolute atomic E-state index is 0.139. The highest BCUT2D eigenvalue weighted by molar-refractivity contribution is 7.99. The summed E-state index contributed by atoms with van der Waals surface area (Å²) in [4.78, 5) is 16.8. The molecule has 2 aromatic rings. The lowest BCUT2D eigenvalue weighted by atomic mass is 10.1. The molecule has 1 saturated heterocycles. The van der Waals surface area contributed by atoms with Crippen molar-refractivity contribution in [2.24, 2.45) is 0 Å². The molecule has 1 aromatic carbocycles. The molecule has 178 valence electrons. The Morgan fingerprint density at radius 2 is 2.09 bits per heavy atom. The second kappa shape index (κ2) is 10.3. The van der Waals surface area contributed by atoms with Crippen LogP contribution in [0.4, 0.5) is 0 Å². The summed E-state index contributed by atoms with van der Waals surface area (Å²) in [5.74, 6) is 1.64. The van der Waals surface area contributed by atoms with E-state index in [1.807, 2.05) is 26.0 Å². The first-order valence-corrected chi connectivity index (χ1v) is 13.6. The predicted octanol–water partition coefficient (Wildman–Crippen LogP) is 3.00. The highest BCUT2D eigenvalue weighted by Crippen LogP contribution is 2.35. The molecule has 1 aromatic heterocycles. The molecule has 10 heteroatoms. The lowest BCUT2D eigenvalue weighted by molar-refractivity contribution is -0.118. The van der Waals surface area contributed by atoms with Crippen LogP contribution in [-0.2, 0) is 27.8 Å². The third-order valence-corrected chi connectivity index (χ3v) is 8.44. The molecule has 1 amide bonds. The van der Waals surface area contributed by atoms with E-state index in [4.69, 9.17) is 9.47 Å². The molecule has 1 fully saturated rings. The van der Waals surface area contributed by atoms with Gasteiger partial charge in [-0.15, -0.1) is 0 Å². The second-order valence-electron chi connectivity index (χ2n) is 8.14. The first kappa shape index (κ1) is 23.8. The summed E-state index contributed by atoms with van der Waals surface area (Å²) in [5, 5.41) is 3.52. The number of aromatic nitrogens is 1. The van der Waals surface area contributed by atoms with Gasteiger partial charge in [0.2, 0.25) is 15.9 Å². The molecule has 1 atom stereocenters. The van der Waals surface area contributed by atoms with E-state index in [1.165, 1.54) is 22.3 Å². The number of nitrogens with one attached hydrogen (secondary N) is 1. The zero-order valence-corrected chi connectivity index (χ0v) is 20.5. The third-order valence-electron chi connectivity index (χ3n) is 5.62. The Hall–Kier alpha value is -2.30. The molecular weight excluding hydrogens is 462 g/mol. The van der Waals surface area contributed by atoms with E-state index >= 15 is 0 Å². The van der Waals surface area contributed by atoms with Gasteiger partial charge in [-0.25, -0.2) is 13.4 Å². The van der Waals surface area contributed by atoms with Crippen LogP contribution in [0.15, 0.2) is 40.4 Å². The van der Waals surface area contributed by atoms with Crippen molar-refractivity contribution in [1.82, 2.24) is 14.6 Å². The van der Waals surface area contributed by atoms with Crippen LogP contribution in [0.1, 0.15) is 37.8 Å². The Kier molecular flexibility index (Phi) is 7.45. The summed E-state index contributed by atoms with van der Waals surface area (Å²) >= 11 is 1.26. The summed E-state index contributed by atoms with van der Waals surface area (Å²) in [6, 6.07) is 7.15. The van der Waals surface area contributed by atoms with Crippen LogP contribution in [0.5, 0.6) is 11.5 Å². The zero-order valence-electron chi connectivity index (χ0n) is 18.9. The van der Waals surface area contributed by atoms with Gasteiger partial charge in [0, 0.05) is 43.4 Å². The van der Waals surface area contributed by atoms with Crippen molar-refractivity contribution in [3.8, 4) is 11.5 Å². The number of ether oxygens (including phenoxy) is 2. The van der Waals surface area contributed by atoms with Crippen molar-refractivity contribution in [3.63, 3.8) is 0 Å². The highest BCUT2D eigenvalue weighted by atomic mass is 32.2. The van der Waals surface area contributed by atoms with E-state index in [0.29, 0.717) is 31.3 Å². The Balaban J connectivity index is 1.31. The molecule has 0 spiro atoms. The van der Waals surface area contributed by atoms with E-state index in [9.17, 15) is 13.2 Å². The van der Waals surface area contributed by atoms with Crippen molar-refractivity contribution in [2.45, 2.75) is 55.7 Å². The van der Waals surface area contributed by atoms with Gasteiger partial charge in [-0.3, -0.25) is 4.79 Å². The summed E-state index contributed by atoms with van der Waals surface area (Å²) in [7, 11) is -3.48. The Bertz CT molecular complexity index is 1100. The van der Waals surface area contributed by atoms with E-state index in [0.717, 1.165) is 41.9 Å². The maximum atomic E-state index is 12.6. The van der Waals surface area contributed by atoms with Gasteiger partial charge < -0.3 is 14.8 Å². The predicted molar refractivity (Wildman–Crippen MR) is 126 cm³/mol. The summed E-state index contributed by atoms with van der Waals surface area (Å²) in [5.41, 5.74) is 2.00. The van der Waals surface area contributed by atoms with Crippen LogP contribution >= 0.6 is 11.8 Å². The Morgan fingerprint density at radius 1 is 1.30 bits per heavy atom. The number of rotatable bonds is 9. The standard InChI is InChI=1S/C23H29N3O5S2/c1-3-30-20-11-17-10-16(2)31-21(17)12-18(20)13-24-22(27)15-32-23-7-6-19(14-25-23)33(28,29)26-8-4-5-9-26/h6-7,11-12,14,16H,3-5,8-10,13,15H2,1-2H3,(H,24,27)/t16-/m0/s1. The van der Waals surface area contributed by atoms with Crippen molar-refractivity contribution < 1.29 is 22.7 Å². The average Bonchev–Trinajstić information content (AvgIpc) is 3.46. The number of fused-ring (bicyclic) bond motifs is 1. The van der Waals surface area contributed by atoms with Crippen LogP contribution in [0, 0.1) is 0 Å². The smallest absolute Gasteiger partial charge is 0.244 e. The van der Waals surface area contributed by atoms with Gasteiger partial charge in [-0.05, 0) is 51.0 Å². The van der Waals surface area contributed by atoms with E-state index in [2.05, 4.69) is 10.3 Å². The van der Waals surface area contributed by atoms with E-state index in [-0.39, 0.29) is 22.7 Å². The van der Waals surface area contributed by atoms with Gasteiger partial charge >= 0.3 is 0 Å². The molecular formula is C23H29N3O5S2. The quantitative estimate of drug-likeness (QED) is 0.539. The number of nitrogens with zero attached hydrogens (tertiary/aromatic N) is 2.